The van der Waals surface area contributed by atoms with E-state index in [0.717, 1.165) is 21.8 Å². The summed E-state index contributed by atoms with van der Waals surface area (Å²) >= 11 is 3.44. The zero-order valence-electron chi connectivity index (χ0n) is 15.3. The number of nitrogens with two attached hydrogens (primary N) is 1. The fourth-order valence-electron chi connectivity index (χ4n) is 2.95. The van der Waals surface area contributed by atoms with Crippen molar-refractivity contribution in [2.45, 2.75) is 31.8 Å². The number of amides is 2. The largest absolute Gasteiger partial charge is 0.320 e. The number of carbonyl (C=O) groups excluding carboxylic acids is 2. The summed E-state index contributed by atoms with van der Waals surface area (Å²) in [7, 11) is 1.73. The van der Waals surface area contributed by atoms with Gasteiger partial charge in [-0.1, -0.05) is 22.0 Å². The minimum Gasteiger partial charge on any atom is -0.320 e. The van der Waals surface area contributed by atoms with Gasteiger partial charge in [0, 0.05) is 23.5 Å². The Kier molecular flexibility index (Phi) is 5.93. The lowest BCUT2D eigenvalue weighted by Crippen LogP contribution is -2.61. The molecule has 2 atom stereocenters. The molecule has 0 radical (unpaired) electrons. The van der Waals surface area contributed by atoms with Crippen molar-refractivity contribution in [3.05, 3.63) is 34.8 Å². The van der Waals surface area contributed by atoms with Gasteiger partial charge in [0.15, 0.2) is 0 Å². The van der Waals surface area contributed by atoms with Crippen LogP contribution in [-0.4, -0.2) is 47.5 Å². The second-order valence-corrected chi connectivity index (χ2v) is 7.56. The van der Waals surface area contributed by atoms with Crippen LogP contribution >= 0.6 is 15.9 Å². The number of fused-ring (bicyclic) bond motifs is 1. The number of aromatic nitrogens is 1. The van der Waals surface area contributed by atoms with Gasteiger partial charge in [0.1, 0.15) is 11.9 Å². The molecule has 0 saturated carbocycles. The maximum absolute atomic E-state index is 12.6. The predicted molar refractivity (Wildman–Crippen MR) is 108 cm³/mol. The monoisotopic (exact) mass is 434 g/mol. The molecule has 4 N–H and O–H groups in total. The lowest BCUT2D eigenvalue weighted by atomic mass is 10.1. The quantitative estimate of drug-likeness (QED) is 0.626. The highest BCUT2D eigenvalue weighted by Gasteiger charge is 2.29. The molecule has 2 amide bonds. The lowest BCUT2D eigenvalue weighted by molar-refractivity contribution is -0.140. The highest BCUT2D eigenvalue weighted by atomic mass is 79.9. The van der Waals surface area contributed by atoms with Gasteiger partial charge in [-0.05, 0) is 44.0 Å². The van der Waals surface area contributed by atoms with Crippen molar-refractivity contribution in [2.75, 3.05) is 18.6 Å². The summed E-state index contributed by atoms with van der Waals surface area (Å²) in [6, 6.07) is 8.55. The number of rotatable bonds is 4. The van der Waals surface area contributed by atoms with Crippen LogP contribution in [0.1, 0.15) is 19.8 Å². The van der Waals surface area contributed by atoms with Crippen LogP contribution < -0.4 is 21.6 Å². The van der Waals surface area contributed by atoms with Gasteiger partial charge in [0.25, 0.3) is 11.8 Å². The number of hydrogen-bond donors (Lipinski definition) is 3. The van der Waals surface area contributed by atoms with Crippen LogP contribution in [0.25, 0.3) is 10.9 Å². The Balaban J connectivity index is 1.67. The summed E-state index contributed by atoms with van der Waals surface area (Å²) < 4.78 is 0.941. The number of benzene rings is 1. The third kappa shape index (κ3) is 4.55. The maximum atomic E-state index is 12.6. The van der Waals surface area contributed by atoms with E-state index in [4.69, 9.17) is 5.73 Å². The van der Waals surface area contributed by atoms with Gasteiger partial charge in [0.2, 0.25) is 0 Å². The molecule has 1 aromatic heterocycles. The number of pyridine rings is 1. The molecule has 0 spiro atoms. The van der Waals surface area contributed by atoms with Crippen LogP contribution in [0.15, 0.2) is 34.8 Å². The van der Waals surface area contributed by atoms with Gasteiger partial charge in [0.05, 0.1) is 11.6 Å². The Hall–Kier alpha value is -2.23. The molecule has 3 rings (SSSR count). The highest BCUT2D eigenvalue weighted by Crippen LogP contribution is 2.21. The Bertz CT molecular complexity index is 859. The van der Waals surface area contributed by atoms with Gasteiger partial charge >= 0.3 is 0 Å². The first-order valence-corrected chi connectivity index (χ1v) is 9.58. The second kappa shape index (κ2) is 8.20. The van der Waals surface area contributed by atoms with E-state index < -0.39 is 12.1 Å². The second-order valence-electron chi connectivity index (χ2n) is 6.64. The molecule has 27 heavy (non-hydrogen) atoms. The average molecular weight is 435 g/mol. The summed E-state index contributed by atoms with van der Waals surface area (Å²) in [5.41, 5.74) is 12.3. The van der Waals surface area contributed by atoms with Gasteiger partial charge in [-0.25, -0.2) is 10.4 Å². The van der Waals surface area contributed by atoms with E-state index in [1.807, 2.05) is 30.3 Å². The molecule has 9 heteroatoms. The van der Waals surface area contributed by atoms with Crippen molar-refractivity contribution in [2.24, 2.45) is 5.73 Å². The summed E-state index contributed by atoms with van der Waals surface area (Å²) in [6.45, 7) is 2.17. The van der Waals surface area contributed by atoms with E-state index in [1.165, 1.54) is 5.01 Å². The van der Waals surface area contributed by atoms with Gasteiger partial charge in [-0.2, -0.15) is 0 Å². The standard InChI is InChI=1S/C18H23BrN6O2/c1-11(20)18(27)25-9-3-4-14(22-25)17(26)23-24(2)16-8-6-12-5-7-13(19)10-15(12)21-16/h5-8,10-11,14,22H,3-4,9,20H2,1-2H3,(H,23,26)/t11-,14-/m0/s1. The maximum Gasteiger partial charge on any atom is 0.257 e. The Morgan fingerprint density at radius 3 is 2.89 bits per heavy atom. The lowest BCUT2D eigenvalue weighted by Gasteiger charge is -2.34. The zero-order chi connectivity index (χ0) is 19.6. The molecule has 2 heterocycles. The summed E-state index contributed by atoms with van der Waals surface area (Å²) in [6.07, 6.45) is 1.37. The Labute approximate surface area is 166 Å². The van der Waals surface area contributed by atoms with Crippen molar-refractivity contribution in [1.29, 1.82) is 0 Å². The predicted octanol–water partition coefficient (Wildman–Crippen LogP) is 1.31. The molecule has 1 saturated heterocycles. The van der Waals surface area contributed by atoms with Gasteiger partial charge < -0.3 is 5.73 Å². The normalized spacial score (nSPS) is 18.2. The summed E-state index contributed by atoms with van der Waals surface area (Å²) in [4.78, 5) is 29.2. The number of halogens is 1. The molecule has 8 nitrogen and oxygen atoms in total. The van der Waals surface area contributed by atoms with Crippen LogP contribution in [0.2, 0.25) is 0 Å². The Morgan fingerprint density at radius 2 is 2.15 bits per heavy atom. The minimum atomic E-state index is -0.608. The molecule has 0 unspecified atom stereocenters. The summed E-state index contributed by atoms with van der Waals surface area (Å²) in [5.74, 6) is 0.173. The van der Waals surface area contributed by atoms with Crippen molar-refractivity contribution >= 4 is 44.5 Å². The molecule has 1 aromatic carbocycles. The van der Waals surface area contributed by atoms with Crippen LogP contribution in [0.4, 0.5) is 5.82 Å². The third-order valence-corrected chi connectivity index (χ3v) is 4.91. The molecule has 0 aliphatic carbocycles. The fourth-order valence-corrected chi connectivity index (χ4v) is 3.30. The molecule has 1 aliphatic heterocycles. The van der Waals surface area contributed by atoms with E-state index in [-0.39, 0.29) is 11.8 Å². The number of carbonyl (C=O) groups is 2. The molecular formula is C18H23BrN6O2. The van der Waals surface area contributed by atoms with Crippen molar-refractivity contribution < 1.29 is 9.59 Å². The third-order valence-electron chi connectivity index (χ3n) is 4.42. The van der Waals surface area contributed by atoms with E-state index in [2.05, 4.69) is 31.8 Å². The molecular weight excluding hydrogens is 412 g/mol. The topological polar surface area (TPSA) is 104 Å². The first kappa shape index (κ1) is 19.5. The number of nitrogens with zero attached hydrogens (tertiary/aromatic N) is 3. The first-order chi connectivity index (χ1) is 12.8. The smallest absolute Gasteiger partial charge is 0.257 e. The molecule has 1 aliphatic rings. The number of hydrazine groups is 2. The van der Waals surface area contributed by atoms with Crippen LogP contribution in [-0.2, 0) is 9.59 Å². The highest BCUT2D eigenvalue weighted by molar-refractivity contribution is 9.10. The van der Waals surface area contributed by atoms with Crippen LogP contribution in [0.3, 0.4) is 0 Å². The van der Waals surface area contributed by atoms with E-state index >= 15 is 0 Å². The van der Waals surface area contributed by atoms with Crippen LogP contribution in [0, 0.1) is 0 Å². The van der Waals surface area contributed by atoms with Crippen LogP contribution in [0.5, 0.6) is 0 Å². The first-order valence-electron chi connectivity index (χ1n) is 8.79. The summed E-state index contributed by atoms with van der Waals surface area (Å²) in [5, 5.41) is 4.03. The minimum absolute atomic E-state index is 0.220. The van der Waals surface area contributed by atoms with Crippen molar-refractivity contribution in [3.63, 3.8) is 0 Å². The SMILES string of the molecule is C[C@H](N)C(=O)N1CCC[C@@H](C(=O)NN(C)c2ccc3ccc(Br)cc3n2)N1. The van der Waals surface area contributed by atoms with Gasteiger partial charge in [-0.15, -0.1) is 0 Å². The number of anilines is 1. The molecule has 144 valence electrons. The fraction of sp³-hybridized carbons (Fsp3) is 0.389. The van der Waals surface area contributed by atoms with E-state index in [0.29, 0.717) is 18.8 Å². The molecule has 2 aromatic rings. The van der Waals surface area contributed by atoms with E-state index in [1.54, 1.807) is 19.0 Å². The van der Waals surface area contributed by atoms with Gasteiger partial charge in [-0.3, -0.25) is 25.0 Å². The number of hydrogen-bond acceptors (Lipinski definition) is 6. The number of nitrogens with one attached hydrogen (secondary N) is 2. The molecule has 1 fully saturated rings. The zero-order valence-corrected chi connectivity index (χ0v) is 16.9. The van der Waals surface area contributed by atoms with Crippen molar-refractivity contribution in [3.8, 4) is 0 Å². The van der Waals surface area contributed by atoms with E-state index in [9.17, 15) is 9.59 Å². The van der Waals surface area contributed by atoms with Crippen molar-refractivity contribution in [1.82, 2.24) is 20.8 Å². The molecule has 0 bridgehead atoms. The average Bonchev–Trinajstić information content (AvgIpc) is 2.66. The Morgan fingerprint density at radius 1 is 1.41 bits per heavy atom.